The maximum absolute atomic E-state index is 5.85. The van der Waals surface area contributed by atoms with Gasteiger partial charge >= 0.3 is 0 Å². The first kappa shape index (κ1) is 16.0. The molecule has 1 aliphatic carbocycles. The fourth-order valence-electron chi connectivity index (χ4n) is 3.23. The summed E-state index contributed by atoms with van der Waals surface area (Å²) in [5, 5.41) is 11.8. The monoisotopic (exact) mass is 344 g/mol. The molecule has 1 aliphatic heterocycles. The van der Waals surface area contributed by atoms with E-state index in [1.165, 1.54) is 31.4 Å². The molecule has 0 radical (unpaired) electrons. The van der Waals surface area contributed by atoms with Crippen LogP contribution in [-0.2, 0) is 6.54 Å². The van der Waals surface area contributed by atoms with Gasteiger partial charge in [0.1, 0.15) is 0 Å². The van der Waals surface area contributed by atoms with E-state index >= 15 is 0 Å². The molecule has 1 saturated heterocycles. The Hall–Kier alpha value is -1.53. The number of nitrogens with zero attached hydrogens (tertiary/aromatic N) is 4. The number of hydrogen-bond donors (Lipinski definition) is 0. The summed E-state index contributed by atoms with van der Waals surface area (Å²) in [7, 11) is 0. The fourth-order valence-corrected chi connectivity index (χ4v) is 3.83. The number of aryl methyl sites for hydroxylation is 1. The van der Waals surface area contributed by atoms with Gasteiger partial charge in [0.05, 0.1) is 23.0 Å². The number of hydrogen-bond acceptors (Lipinski definition) is 6. The summed E-state index contributed by atoms with van der Waals surface area (Å²) in [5.74, 6) is 1.93. The molecule has 3 heterocycles. The Bertz CT molecular complexity index is 660. The second kappa shape index (κ2) is 7.15. The smallest absolute Gasteiger partial charge is 0.233 e. The highest BCUT2D eigenvalue weighted by atomic mass is 32.1. The van der Waals surface area contributed by atoms with Crippen molar-refractivity contribution < 1.29 is 4.74 Å². The van der Waals surface area contributed by atoms with Crippen LogP contribution in [0.25, 0.3) is 0 Å². The van der Waals surface area contributed by atoms with Crippen LogP contribution in [0.1, 0.15) is 48.0 Å². The maximum Gasteiger partial charge on any atom is 0.233 e. The third kappa shape index (κ3) is 4.11. The number of thiazole rings is 1. The summed E-state index contributed by atoms with van der Waals surface area (Å²) in [6.45, 7) is 6.04. The average Bonchev–Trinajstić information content (AvgIpc) is 3.38. The zero-order valence-corrected chi connectivity index (χ0v) is 15.0. The van der Waals surface area contributed by atoms with Crippen LogP contribution in [0.2, 0.25) is 0 Å². The molecule has 2 aliphatic rings. The molecule has 5 nitrogen and oxygen atoms in total. The van der Waals surface area contributed by atoms with Crippen molar-refractivity contribution in [2.75, 3.05) is 19.7 Å². The molecule has 2 aromatic rings. The lowest BCUT2D eigenvalue weighted by atomic mass is 9.98. The Balaban J connectivity index is 1.20. The molecule has 0 amide bonds. The van der Waals surface area contributed by atoms with Crippen molar-refractivity contribution in [1.29, 1.82) is 0 Å². The van der Waals surface area contributed by atoms with Crippen LogP contribution in [0.4, 0.5) is 0 Å². The molecule has 6 heteroatoms. The Kier molecular flexibility index (Phi) is 4.76. The lowest BCUT2D eigenvalue weighted by molar-refractivity contribution is 0.133. The van der Waals surface area contributed by atoms with Gasteiger partial charge in [0, 0.05) is 23.9 Å². The third-order valence-electron chi connectivity index (χ3n) is 4.88. The van der Waals surface area contributed by atoms with Crippen LogP contribution >= 0.6 is 11.3 Å². The van der Waals surface area contributed by atoms with Crippen molar-refractivity contribution >= 4 is 11.3 Å². The predicted octanol–water partition coefficient (Wildman–Crippen LogP) is 3.41. The molecule has 24 heavy (non-hydrogen) atoms. The van der Waals surface area contributed by atoms with Crippen LogP contribution in [0.5, 0.6) is 5.88 Å². The topological polar surface area (TPSA) is 51.1 Å². The molecule has 0 atom stereocenters. The molecule has 2 aromatic heterocycles. The largest absolute Gasteiger partial charge is 0.476 e. The van der Waals surface area contributed by atoms with E-state index in [2.05, 4.69) is 38.5 Å². The van der Waals surface area contributed by atoms with Gasteiger partial charge in [0.25, 0.3) is 0 Å². The standard InChI is InChI=1S/C18H24N4OS/c1-13-19-16(12-24-13)10-22-8-6-14(7-9-22)11-23-18-5-4-17(20-21-18)15-2-3-15/h4-5,12,14-15H,2-3,6-11H2,1H3. The summed E-state index contributed by atoms with van der Waals surface area (Å²) < 4.78 is 5.85. The zero-order chi connectivity index (χ0) is 16.4. The van der Waals surface area contributed by atoms with Crippen molar-refractivity contribution in [3.8, 4) is 5.88 Å². The van der Waals surface area contributed by atoms with E-state index in [1.54, 1.807) is 11.3 Å². The van der Waals surface area contributed by atoms with Crippen LogP contribution in [0, 0.1) is 12.8 Å². The van der Waals surface area contributed by atoms with E-state index in [4.69, 9.17) is 4.74 Å². The van der Waals surface area contributed by atoms with Gasteiger partial charge in [-0.1, -0.05) is 0 Å². The predicted molar refractivity (Wildman–Crippen MR) is 94.4 cm³/mol. The first-order chi connectivity index (χ1) is 11.8. The highest BCUT2D eigenvalue weighted by Crippen LogP contribution is 2.38. The van der Waals surface area contributed by atoms with E-state index < -0.39 is 0 Å². The van der Waals surface area contributed by atoms with Crippen LogP contribution in [0.3, 0.4) is 0 Å². The average molecular weight is 344 g/mol. The Morgan fingerprint density at radius 2 is 2.00 bits per heavy atom. The SMILES string of the molecule is Cc1nc(CN2CCC(COc3ccc(C4CC4)nn3)CC2)cs1. The quantitative estimate of drug-likeness (QED) is 0.804. The Labute approximate surface area is 147 Å². The van der Waals surface area contributed by atoms with Gasteiger partial charge in [0.2, 0.25) is 5.88 Å². The van der Waals surface area contributed by atoms with Crippen molar-refractivity contribution in [1.82, 2.24) is 20.1 Å². The van der Waals surface area contributed by atoms with E-state index in [0.29, 0.717) is 17.7 Å². The lowest BCUT2D eigenvalue weighted by Gasteiger charge is -2.31. The van der Waals surface area contributed by atoms with Crippen molar-refractivity contribution in [3.05, 3.63) is 33.9 Å². The van der Waals surface area contributed by atoms with Gasteiger partial charge in [-0.2, -0.15) is 5.10 Å². The molecule has 0 spiro atoms. The van der Waals surface area contributed by atoms with Crippen molar-refractivity contribution in [2.24, 2.45) is 5.92 Å². The highest BCUT2D eigenvalue weighted by molar-refractivity contribution is 7.09. The molecular weight excluding hydrogens is 320 g/mol. The Morgan fingerprint density at radius 3 is 2.62 bits per heavy atom. The molecule has 1 saturated carbocycles. The molecule has 0 bridgehead atoms. The van der Waals surface area contributed by atoms with E-state index in [0.717, 1.165) is 36.9 Å². The minimum atomic E-state index is 0.614. The maximum atomic E-state index is 5.85. The Morgan fingerprint density at radius 1 is 1.17 bits per heavy atom. The minimum Gasteiger partial charge on any atom is -0.476 e. The fraction of sp³-hybridized carbons (Fsp3) is 0.611. The number of rotatable bonds is 6. The zero-order valence-electron chi connectivity index (χ0n) is 14.1. The second-order valence-corrected chi connectivity index (χ2v) is 8.02. The molecule has 0 unspecified atom stereocenters. The number of aromatic nitrogens is 3. The summed E-state index contributed by atoms with van der Waals surface area (Å²) in [4.78, 5) is 7.06. The molecule has 0 N–H and O–H groups in total. The van der Waals surface area contributed by atoms with E-state index in [1.807, 2.05) is 6.07 Å². The van der Waals surface area contributed by atoms with Gasteiger partial charge in [-0.25, -0.2) is 4.98 Å². The molecule has 0 aromatic carbocycles. The van der Waals surface area contributed by atoms with Crippen LogP contribution in [0.15, 0.2) is 17.5 Å². The van der Waals surface area contributed by atoms with Crippen LogP contribution in [-0.4, -0.2) is 39.8 Å². The number of ether oxygens (including phenoxy) is 1. The normalized spacial score (nSPS) is 19.5. The number of likely N-dealkylation sites (tertiary alicyclic amines) is 1. The first-order valence-electron chi connectivity index (χ1n) is 8.86. The van der Waals surface area contributed by atoms with E-state index in [9.17, 15) is 0 Å². The lowest BCUT2D eigenvalue weighted by Crippen LogP contribution is -2.35. The van der Waals surface area contributed by atoms with Gasteiger partial charge in [-0.05, 0) is 57.7 Å². The molecular formula is C18H24N4OS. The van der Waals surface area contributed by atoms with Crippen molar-refractivity contribution in [2.45, 2.75) is 45.1 Å². The van der Waals surface area contributed by atoms with Gasteiger partial charge in [0.15, 0.2) is 0 Å². The minimum absolute atomic E-state index is 0.614. The second-order valence-electron chi connectivity index (χ2n) is 6.96. The molecule has 128 valence electrons. The molecule has 4 rings (SSSR count). The summed E-state index contributed by atoms with van der Waals surface area (Å²) in [6, 6.07) is 4.04. The van der Waals surface area contributed by atoms with Gasteiger partial charge < -0.3 is 4.74 Å². The van der Waals surface area contributed by atoms with Crippen LogP contribution < -0.4 is 4.74 Å². The summed E-state index contributed by atoms with van der Waals surface area (Å²) in [5.41, 5.74) is 2.33. The number of piperidine rings is 1. The van der Waals surface area contributed by atoms with Gasteiger partial charge in [-0.15, -0.1) is 16.4 Å². The summed E-state index contributed by atoms with van der Waals surface area (Å²) >= 11 is 1.74. The van der Waals surface area contributed by atoms with E-state index in [-0.39, 0.29) is 0 Å². The first-order valence-corrected chi connectivity index (χ1v) is 9.74. The summed E-state index contributed by atoms with van der Waals surface area (Å²) in [6.07, 6.45) is 4.87. The molecule has 2 fully saturated rings. The third-order valence-corrected chi connectivity index (χ3v) is 5.70. The van der Waals surface area contributed by atoms with Crippen molar-refractivity contribution in [3.63, 3.8) is 0 Å². The highest BCUT2D eigenvalue weighted by Gasteiger charge is 2.25. The van der Waals surface area contributed by atoms with Gasteiger partial charge in [-0.3, -0.25) is 4.90 Å².